The van der Waals surface area contributed by atoms with Crippen LogP contribution >= 0.6 is 11.5 Å². The summed E-state index contributed by atoms with van der Waals surface area (Å²) in [4.78, 5) is 31.7. The van der Waals surface area contributed by atoms with Gasteiger partial charge in [0.05, 0.1) is 16.2 Å². The van der Waals surface area contributed by atoms with E-state index in [0.717, 1.165) is 43.4 Å². The van der Waals surface area contributed by atoms with Crippen molar-refractivity contribution < 1.29 is 9.72 Å². The Morgan fingerprint density at radius 3 is 2.70 bits per heavy atom. The van der Waals surface area contributed by atoms with Crippen molar-refractivity contribution in [3.63, 3.8) is 0 Å². The normalized spacial score (nSPS) is 14.7. The van der Waals surface area contributed by atoms with Crippen LogP contribution in [-0.4, -0.2) is 53.4 Å². The van der Waals surface area contributed by atoms with Gasteiger partial charge in [0.25, 0.3) is 11.6 Å². The number of nitrogens with zero attached hydrogens (tertiary/aromatic N) is 5. The highest BCUT2D eigenvalue weighted by Gasteiger charge is 2.23. The number of nitro groups is 1. The molecule has 1 amide bonds. The van der Waals surface area contributed by atoms with Crippen molar-refractivity contribution in [2.24, 2.45) is 0 Å². The zero-order valence-electron chi connectivity index (χ0n) is 15.3. The van der Waals surface area contributed by atoms with E-state index in [1.54, 1.807) is 6.07 Å². The molecule has 9 nitrogen and oxygen atoms in total. The number of hydrogen-bond acceptors (Lipinski definition) is 8. The fourth-order valence-electron chi connectivity index (χ4n) is 3.10. The molecule has 27 heavy (non-hydrogen) atoms. The lowest BCUT2D eigenvalue weighted by Crippen LogP contribution is -2.32. The number of non-ortho nitro benzene ring substituents is 1. The second kappa shape index (κ2) is 8.30. The van der Waals surface area contributed by atoms with Gasteiger partial charge in [-0.25, -0.2) is 4.98 Å². The molecule has 0 aliphatic carbocycles. The Morgan fingerprint density at radius 2 is 2.04 bits per heavy atom. The predicted octanol–water partition coefficient (Wildman–Crippen LogP) is 2.08. The van der Waals surface area contributed by atoms with Crippen molar-refractivity contribution >= 4 is 33.9 Å². The zero-order valence-corrected chi connectivity index (χ0v) is 16.2. The van der Waals surface area contributed by atoms with Crippen LogP contribution in [0.15, 0.2) is 18.2 Å². The van der Waals surface area contributed by atoms with Crippen LogP contribution in [0.5, 0.6) is 0 Å². The van der Waals surface area contributed by atoms with Gasteiger partial charge in [0.15, 0.2) is 0 Å². The summed E-state index contributed by atoms with van der Waals surface area (Å²) in [5.74, 6) is 0.528. The van der Waals surface area contributed by atoms with Gasteiger partial charge in [-0.05, 0) is 12.5 Å². The van der Waals surface area contributed by atoms with E-state index in [1.165, 1.54) is 30.7 Å². The number of nitro benzene ring substituents is 1. The van der Waals surface area contributed by atoms with Crippen LogP contribution in [0.1, 0.15) is 29.5 Å². The number of aromatic nitrogens is 2. The fraction of sp³-hybridized carbons (Fsp3) is 0.471. The lowest BCUT2D eigenvalue weighted by molar-refractivity contribution is -0.384. The highest BCUT2D eigenvalue weighted by Crippen LogP contribution is 2.28. The number of benzene rings is 1. The van der Waals surface area contributed by atoms with Gasteiger partial charge in [-0.2, -0.15) is 4.37 Å². The maximum absolute atomic E-state index is 12.3. The molecule has 0 radical (unpaired) electrons. The monoisotopic (exact) mass is 390 g/mol. The number of aryl methyl sites for hydroxylation is 1. The third-order valence-corrected chi connectivity index (χ3v) is 5.36. The van der Waals surface area contributed by atoms with E-state index >= 15 is 0 Å². The average Bonchev–Trinajstić information content (AvgIpc) is 3.04. The molecule has 1 aliphatic rings. The Morgan fingerprint density at radius 1 is 1.30 bits per heavy atom. The first-order chi connectivity index (χ1) is 13.0. The number of nitrogens with one attached hydrogen (secondary N) is 1. The largest absolute Gasteiger partial charge is 0.369 e. The van der Waals surface area contributed by atoms with E-state index in [0.29, 0.717) is 17.8 Å². The van der Waals surface area contributed by atoms with E-state index in [1.807, 2.05) is 6.92 Å². The Kier molecular flexibility index (Phi) is 5.84. The average molecular weight is 390 g/mol. The van der Waals surface area contributed by atoms with Gasteiger partial charge in [0.2, 0.25) is 5.13 Å². The molecule has 1 fully saturated rings. The number of hydrogen-bond donors (Lipinski definition) is 1. The van der Waals surface area contributed by atoms with E-state index in [4.69, 9.17) is 0 Å². The van der Waals surface area contributed by atoms with Gasteiger partial charge in [-0.15, -0.1) is 0 Å². The summed E-state index contributed by atoms with van der Waals surface area (Å²) >= 11 is 1.41. The Hall–Kier alpha value is -2.75. The van der Waals surface area contributed by atoms with Crippen molar-refractivity contribution in [1.29, 1.82) is 0 Å². The molecule has 2 heterocycles. The molecular formula is C17H22N6O3S. The third kappa shape index (κ3) is 4.16. The summed E-state index contributed by atoms with van der Waals surface area (Å²) in [5.41, 5.74) is 0.951. The summed E-state index contributed by atoms with van der Waals surface area (Å²) in [6.07, 6.45) is 1.71. The molecule has 2 aromatic rings. The maximum Gasteiger partial charge on any atom is 0.270 e. The molecule has 0 bridgehead atoms. The van der Waals surface area contributed by atoms with Crippen molar-refractivity contribution in [2.75, 3.05) is 43.0 Å². The minimum atomic E-state index is -0.485. The lowest BCUT2D eigenvalue weighted by Gasteiger charge is -2.25. The Labute approximate surface area is 161 Å². The number of amides is 1. The molecule has 1 N–H and O–H groups in total. The molecule has 0 saturated carbocycles. The van der Waals surface area contributed by atoms with Crippen LogP contribution in [0.2, 0.25) is 0 Å². The molecule has 10 heteroatoms. The molecule has 1 saturated heterocycles. The van der Waals surface area contributed by atoms with Crippen LogP contribution in [0.25, 0.3) is 0 Å². The summed E-state index contributed by atoms with van der Waals surface area (Å²) in [6.45, 7) is 5.10. The quantitative estimate of drug-likeness (QED) is 0.616. The van der Waals surface area contributed by atoms with Gasteiger partial charge in [0.1, 0.15) is 5.82 Å². The summed E-state index contributed by atoms with van der Waals surface area (Å²) < 4.78 is 4.35. The molecule has 0 unspecified atom stereocenters. The molecule has 1 aliphatic heterocycles. The SMILES string of the molecule is CCc1nsc(N2CCCN(c3ccc([N+](=O)[O-])cc3C(=O)NC)CC2)n1. The second-order valence-corrected chi connectivity index (χ2v) is 6.94. The van der Waals surface area contributed by atoms with Crippen LogP contribution in [0.4, 0.5) is 16.5 Å². The van der Waals surface area contributed by atoms with Crippen molar-refractivity contribution in [3.8, 4) is 0 Å². The summed E-state index contributed by atoms with van der Waals surface area (Å²) in [6, 6.07) is 4.45. The molecule has 3 rings (SSSR count). The number of rotatable bonds is 5. The van der Waals surface area contributed by atoms with Crippen molar-refractivity contribution in [3.05, 3.63) is 39.7 Å². The molecule has 144 valence electrons. The van der Waals surface area contributed by atoms with Gasteiger partial charge in [-0.3, -0.25) is 14.9 Å². The molecule has 1 aromatic heterocycles. The minimum Gasteiger partial charge on any atom is -0.369 e. The summed E-state index contributed by atoms with van der Waals surface area (Å²) in [5, 5.41) is 14.6. The first-order valence-corrected chi connectivity index (χ1v) is 9.63. The molecule has 1 aromatic carbocycles. The van der Waals surface area contributed by atoms with E-state index in [9.17, 15) is 14.9 Å². The van der Waals surface area contributed by atoms with E-state index in [2.05, 4.69) is 24.5 Å². The third-order valence-electron chi connectivity index (χ3n) is 4.54. The van der Waals surface area contributed by atoms with Crippen molar-refractivity contribution in [2.45, 2.75) is 19.8 Å². The number of carbonyl (C=O) groups excluding carboxylic acids is 1. The fourth-order valence-corrected chi connectivity index (χ4v) is 3.90. The minimum absolute atomic E-state index is 0.0882. The predicted molar refractivity (Wildman–Crippen MR) is 105 cm³/mol. The van der Waals surface area contributed by atoms with Gasteiger partial charge in [-0.1, -0.05) is 6.92 Å². The van der Waals surface area contributed by atoms with Gasteiger partial charge >= 0.3 is 0 Å². The molecule has 0 spiro atoms. The van der Waals surface area contributed by atoms with Crippen LogP contribution in [-0.2, 0) is 6.42 Å². The topological polar surface area (TPSA) is 105 Å². The van der Waals surface area contributed by atoms with Crippen LogP contribution in [0, 0.1) is 10.1 Å². The van der Waals surface area contributed by atoms with Crippen LogP contribution < -0.4 is 15.1 Å². The summed E-state index contributed by atoms with van der Waals surface area (Å²) in [7, 11) is 1.52. The molecular weight excluding hydrogens is 368 g/mol. The number of carbonyl (C=O) groups is 1. The van der Waals surface area contributed by atoms with Crippen molar-refractivity contribution in [1.82, 2.24) is 14.7 Å². The smallest absolute Gasteiger partial charge is 0.270 e. The van der Waals surface area contributed by atoms with Gasteiger partial charge in [0, 0.05) is 63.3 Å². The van der Waals surface area contributed by atoms with E-state index in [-0.39, 0.29) is 11.6 Å². The zero-order chi connectivity index (χ0) is 19.4. The highest BCUT2D eigenvalue weighted by atomic mass is 32.1. The highest BCUT2D eigenvalue weighted by molar-refractivity contribution is 7.09. The standard InChI is InChI=1S/C17H22N6O3S/c1-3-15-19-17(27-20-15)22-8-4-7-21(9-10-22)14-6-5-12(23(25)26)11-13(14)16(24)18-2/h5-6,11H,3-4,7-10H2,1-2H3,(H,18,24). The van der Waals surface area contributed by atoms with E-state index < -0.39 is 4.92 Å². The van der Waals surface area contributed by atoms with Crippen LogP contribution in [0.3, 0.4) is 0 Å². The Balaban J connectivity index is 1.82. The molecule has 0 atom stereocenters. The lowest BCUT2D eigenvalue weighted by atomic mass is 10.1. The second-order valence-electron chi connectivity index (χ2n) is 6.21. The Bertz CT molecular complexity index is 840. The first kappa shape index (κ1) is 19.0. The van der Waals surface area contributed by atoms with Gasteiger partial charge < -0.3 is 15.1 Å². The maximum atomic E-state index is 12.3. The number of anilines is 2. The first-order valence-electron chi connectivity index (χ1n) is 8.86.